The maximum Gasteiger partial charge on any atom is 0.381 e. The summed E-state index contributed by atoms with van der Waals surface area (Å²) in [7, 11) is -3.58. The first-order chi connectivity index (χ1) is 13.1. The molecule has 27 heavy (non-hydrogen) atoms. The van der Waals surface area contributed by atoms with Crippen molar-refractivity contribution >= 4 is 13.0 Å². The Labute approximate surface area is 159 Å². The summed E-state index contributed by atoms with van der Waals surface area (Å²) in [6, 6.07) is 17.7. The maximum atomic E-state index is 13.6. The molecule has 2 aromatic carbocycles. The van der Waals surface area contributed by atoms with E-state index in [-0.39, 0.29) is 13.2 Å². The number of benzene rings is 2. The summed E-state index contributed by atoms with van der Waals surface area (Å²) in [5.74, 6) is 0. The van der Waals surface area contributed by atoms with Crippen molar-refractivity contribution in [3.63, 3.8) is 0 Å². The lowest BCUT2D eigenvalue weighted by atomic mass is 10.1. The smallest absolute Gasteiger partial charge is 0.304 e. The van der Waals surface area contributed by atoms with Gasteiger partial charge < -0.3 is 9.05 Å². The number of rotatable bonds is 8. The predicted octanol–water partition coefficient (Wildman–Crippen LogP) is 4.19. The van der Waals surface area contributed by atoms with Crippen LogP contribution in [0.2, 0.25) is 0 Å². The van der Waals surface area contributed by atoms with Crippen LogP contribution in [0.25, 0.3) is 11.3 Å². The van der Waals surface area contributed by atoms with Crippen LogP contribution < -0.4 is 5.44 Å². The van der Waals surface area contributed by atoms with Crippen molar-refractivity contribution in [3.8, 4) is 11.3 Å². The summed E-state index contributed by atoms with van der Waals surface area (Å²) >= 11 is 0. The van der Waals surface area contributed by atoms with Crippen LogP contribution in [0.1, 0.15) is 25.0 Å². The standard InChI is InChI=1S/C20H24N3O3P/c1-4-25-27(24,26-5-2)20-19(18-13-11-16(3)12-14-18)21-22-23(20)15-17-9-7-6-8-10-17/h6-14H,4-5,15H2,1-3H3. The van der Waals surface area contributed by atoms with E-state index < -0.39 is 7.60 Å². The monoisotopic (exact) mass is 385 g/mol. The summed E-state index contributed by atoms with van der Waals surface area (Å²) in [4.78, 5) is 0. The number of hydrogen-bond donors (Lipinski definition) is 0. The van der Waals surface area contributed by atoms with E-state index in [1.165, 1.54) is 0 Å². The molecule has 0 fully saturated rings. The molecule has 0 saturated carbocycles. The van der Waals surface area contributed by atoms with Gasteiger partial charge in [-0.05, 0) is 26.3 Å². The van der Waals surface area contributed by atoms with Crippen molar-refractivity contribution in [2.24, 2.45) is 0 Å². The molecule has 142 valence electrons. The highest BCUT2D eigenvalue weighted by atomic mass is 31.2. The second-order valence-electron chi connectivity index (χ2n) is 6.10. The molecule has 0 aliphatic rings. The van der Waals surface area contributed by atoms with Crippen molar-refractivity contribution in [2.45, 2.75) is 27.3 Å². The first-order valence-electron chi connectivity index (χ1n) is 9.01. The Balaban J connectivity index is 2.13. The fourth-order valence-corrected chi connectivity index (χ4v) is 4.67. The Morgan fingerprint density at radius 2 is 1.59 bits per heavy atom. The molecule has 0 radical (unpaired) electrons. The van der Waals surface area contributed by atoms with Gasteiger partial charge in [0.25, 0.3) is 0 Å². The highest BCUT2D eigenvalue weighted by Gasteiger charge is 2.36. The van der Waals surface area contributed by atoms with E-state index in [1.54, 1.807) is 18.5 Å². The minimum absolute atomic E-state index is 0.265. The first kappa shape index (κ1) is 19.5. The molecule has 1 aromatic heterocycles. The van der Waals surface area contributed by atoms with Crippen LogP contribution in [-0.2, 0) is 20.2 Å². The van der Waals surface area contributed by atoms with Crippen LogP contribution in [0, 0.1) is 6.92 Å². The summed E-state index contributed by atoms with van der Waals surface area (Å²) in [5.41, 5.74) is 3.90. The van der Waals surface area contributed by atoms with Crippen LogP contribution in [0.4, 0.5) is 0 Å². The molecule has 0 bridgehead atoms. The molecule has 0 atom stereocenters. The minimum atomic E-state index is -3.58. The zero-order valence-electron chi connectivity index (χ0n) is 15.8. The predicted molar refractivity (Wildman–Crippen MR) is 106 cm³/mol. The van der Waals surface area contributed by atoms with Crippen molar-refractivity contribution in [1.29, 1.82) is 0 Å². The number of hydrogen-bond acceptors (Lipinski definition) is 5. The van der Waals surface area contributed by atoms with Gasteiger partial charge in [-0.25, -0.2) is 4.68 Å². The molecular weight excluding hydrogens is 361 g/mol. The number of aromatic nitrogens is 3. The van der Waals surface area contributed by atoms with Crippen molar-refractivity contribution < 1.29 is 13.6 Å². The quantitative estimate of drug-likeness (QED) is 0.544. The molecule has 0 spiro atoms. The Bertz CT molecular complexity index is 913. The average molecular weight is 385 g/mol. The lowest BCUT2D eigenvalue weighted by molar-refractivity contribution is 0.228. The lowest BCUT2D eigenvalue weighted by Gasteiger charge is -2.19. The fraction of sp³-hybridized carbons (Fsp3) is 0.300. The van der Waals surface area contributed by atoms with Gasteiger partial charge in [-0.1, -0.05) is 65.4 Å². The molecule has 0 aliphatic carbocycles. The summed E-state index contributed by atoms with van der Waals surface area (Å²) in [6.45, 7) is 6.56. The Morgan fingerprint density at radius 3 is 2.19 bits per heavy atom. The lowest BCUT2D eigenvalue weighted by Crippen LogP contribution is -2.23. The van der Waals surface area contributed by atoms with E-state index >= 15 is 0 Å². The summed E-state index contributed by atoms with van der Waals surface area (Å²) < 4.78 is 26.4. The zero-order valence-corrected chi connectivity index (χ0v) is 16.7. The molecule has 0 amide bonds. The minimum Gasteiger partial charge on any atom is -0.304 e. The van der Waals surface area contributed by atoms with Gasteiger partial charge in [-0.3, -0.25) is 4.57 Å². The molecule has 3 rings (SSSR count). The normalized spacial score (nSPS) is 11.7. The third-order valence-electron chi connectivity index (χ3n) is 4.07. The van der Waals surface area contributed by atoms with E-state index in [9.17, 15) is 4.57 Å². The molecule has 3 aromatic rings. The second kappa shape index (κ2) is 8.61. The largest absolute Gasteiger partial charge is 0.381 e. The van der Waals surface area contributed by atoms with E-state index in [2.05, 4.69) is 10.3 Å². The van der Waals surface area contributed by atoms with Crippen LogP contribution in [0.3, 0.4) is 0 Å². The molecule has 1 heterocycles. The van der Waals surface area contributed by atoms with Gasteiger partial charge >= 0.3 is 7.60 Å². The van der Waals surface area contributed by atoms with Gasteiger partial charge in [0.15, 0.2) is 5.44 Å². The van der Waals surface area contributed by atoms with Crippen molar-refractivity contribution in [2.75, 3.05) is 13.2 Å². The van der Waals surface area contributed by atoms with Crippen LogP contribution >= 0.6 is 7.60 Å². The maximum absolute atomic E-state index is 13.6. The molecule has 0 unspecified atom stereocenters. The zero-order chi connectivity index (χ0) is 19.3. The Morgan fingerprint density at radius 1 is 0.963 bits per heavy atom. The van der Waals surface area contributed by atoms with Gasteiger partial charge in [-0.2, -0.15) is 0 Å². The van der Waals surface area contributed by atoms with Crippen molar-refractivity contribution in [3.05, 3.63) is 65.7 Å². The van der Waals surface area contributed by atoms with Crippen molar-refractivity contribution in [1.82, 2.24) is 15.0 Å². The van der Waals surface area contributed by atoms with Crippen LogP contribution in [0.15, 0.2) is 54.6 Å². The molecular formula is C20H24N3O3P. The summed E-state index contributed by atoms with van der Waals surface area (Å²) in [5, 5.41) is 8.60. The molecule has 7 heteroatoms. The van der Waals surface area contributed by atoms with Gasteiger partial charge in [0.1, 0.15) is 5.69 Å². The van der Waals surface area contributed by atoms with Gasteiger partial charge in [-0.15, -0.1) is 5.10 Å². The number of nitrogens with zero attached hydrogens (tertiary/aromatic N) is 3. The molecule has 0 saturated heterocycles. The molecule has 0 aliphatic heterocycles. The third-order valence-corrected chi connectivity index (χ3v) is 6.22. The van der Waals surface area contributed by atoms with Crippen LogP contribution in [0.5, 0.6) is 0 Å². The second-order valence-corrected chi connectivity index (χ2v) is 8.04. The number of aryl methyl sites for hydroxylation is 1. The molecule has 0 N–H and O–H groups in total. The first-order valence-corrected chi connectivity index (χ1v) is 10.6. The van der Waals surface area contributed by atoms with Gasteiger partial charge in [0, 0.05) is 5.56 Å². The topological polar surface area (TPSA) is 66.2 Å². The summed E-state index contributed by atoms with van der Waals surface area (Å²) in [6.07, 6.45) is 0. The van der Waals surface area contributed by atoms with Crippen LogP contribution in [-0.4, -0.2) is 28.2 Å². The van der Waals surface area contributed by atoms with Gasteiger partial charge in [0.2, 0.25) is 0 Å². The highest BCUT2D eigenvalue weighted by Crippen LogP contribution is 2.48. The fourth-order valence-electron chi connectivity index (χ4n) is 2.84. The Kier molecular flexibility index (Phi) is 6.22. The highest BCUT2D eigenvalue weighted by molar-refractivity contribution is 7.62. The molecule has 6 nitrogen and oxygen atoms in total. The van der Waals surface area contributed by atoms with Gasteiger partial charge in [0.05, 0.1) is 19.8 Å². The van der Waals surface area contributed by atoms with E-state index in [1.807, 2.05) is 61.5 Å². The Hall–Kier alpha value is -2.27. The average Bonchev–Trinajstić information content (AvgIpc) is 3.08. The third kappa shape index (κ3) is 4.35. The van der Waals surface area contributed by atoms with E-state index in [4.69, 9.17) is 9.05 Å². The van der Waals surface area contributed by atoms with E-state index in [0.717, 1.165) is 16.7 Å². The van der Waals surface area contributed by atoms with E-state index in [0.29, 0.717) is 17.7 Å². The SMILES string of the molecule is CCOP(=O)(OCC)c1c(-c2ccc(C)cc2)nnn1Cc1ccccc1.